The number of halogens is 1. The molecule has 5 heteroatoms. The van der Waals surface area contributed by atoms with Gasteiger partial charge in [-0.15, -0.1) is 11.1 Å². The predicted octanol–water partition coefficient (Wildman–Crippen LogP) is 1.95. The van der Waals surface area contributed by atoms with Gasteiger partial charge < -0.3 is 13.9 Å². The lowest BCUT2D eigenvalue weighted by Gasteiger charge is -2.36. The van der Waals surface area contributed by atoms with Crippen LogP contribution in [0.3, 0.4) is 0 Å². The van der Waals surface area contributed by atoms with E-state index in [0.29, 0.717) is 6.61 Å². The Hall–Kier alpha value is 0.387. The van der Waals surface area contributed by atoms with Crippen molar-refractivity contribution in [2.24, 2.45) is 0 Å². The molecule has 0 N–H and O–H groups in total. The summed E-state index contributed by atoms with van der Waals surface area (Å²) in [6, 6.07) is 0. The summed E-state index contributed by atoms with van der Waals surface area (Å²) in [7, 11) is -0.997. The Bertz CT molecular complexity index is 192. The maximum Gasteiger partial charge on any atom is 0.262 e. The van der Waals surface area contributed by atoms with Crippen LogP contribution >= 0.6 is 11.1 Å². The smallest absolute Gasteiger partial charge is 0.262 e. The van der Waals surface area contributed by atoms with E-state index in [1.807, 2.05) is 20.8 Å². The van der Waals surface area contributed by atoms with Gasteiger partial charge in [0.2, 0.25) is 0 Å². The van der Waals surface area contributed by atoms with Crippen LogP contribution in [0, 0.1) is 0 Å². The molecule has 0 spiro atoms. The zero-order valence-electron chi connectivity index (χ0n) is 9.79. The Morgan fingerprint density at radius 3 is 2.80 bits per heavy atom. The number of rotatable bonds is 6. The van der Waals surface area contributed by atoms with E-state index in [1.54, 1.807) is 0 Å². The van der Waals surface area contributed by atoms with Gasteiger partial charge in [0.15, 0.2) is 5.79 Å². The lowest BCUT2D eigenvalue weighted by atomic mass is 10.2. The molecule has 90 valence electrons. The summed E-state index contributed by atoms with van der Waals surface area (Å²) in [6.45, 7) is 6.72. The third-order valence-corrected chi connectivity index (χ3v) is 3.51. The maximum atomic E-state index is 5.91. The molecule has 0 aromatic rings. The molecule has 15 heavy (non-hydrogen) atoms. The zero-order valence-corrected chi connectivity index (χ0v) is 12.0. The molecule has 1 aliphatic rings. The van der Waals surface area contributed by atoms with Crippen LogP contribution in [0.5, 0.6) is 0 Å². The van der Waals surface area contributed by atoms with Crippen molar-refractivity contribution in [1.29, 1.82) is 0 Å². The Morgan fingerprint density at radius 1 is 1.53 bits per heavy atom. The molecule has 1 fully saturated rings. The summed E-state index contributed by atoms with van der Waals surface area (Å²) in [5, 5.41) is 0. The molecule has 0 bridgehead atoms. The van der Waals surface area contributed by atoms with Gasteiger partial charge in [0, 0.05) is 13.0 Å². The highest BCUT2D eigenvalue weighted by Crippen LogP contribution is 2.37. The van der Waals surface area contributed by atoms with Gasteiger partial charge in [0.1, 0.15) is 6.10 Å². The van der Waals surface area contributed by atoms with E-state index < -0.39 is 14.9 Å². The minimum atomic E-state index is -0.997. The fraction of sp³-hybridized carbons (Fsp3) is 1.00. The first kappa shape index (κ1) is 13.5. The Labute approximate surface area is 99.1 Å². The third kappa shape index (κ3) is 3.43. The average Bonchev–Trinajstić information content (AvgIpc) is 2.49. The fourth-order valence-electron chi connectivity index (χ4n) is 2.15. The Kier molecular flexibility index (Phi) is 5.56. The van der Waals surface area contributed by atoms with Crippen LogP contribution in [-0.4, -0.2) is 33.7 Å². The molecule has 2 unspecified atom stereocenters. The van der Waals surface area contributed by atoms with Crippen LogP contribution in [0.4, 0.5) is 0 Å². The van der Waals surface area contributed by atoms with Gasteiger partial charge in [-0.25, -0.2) is 0 Å². The largest absolute Gasteiger partial charge is 0.379 e. The van der Waals surface area contributed by atoms with Gasteiger partial charge >= 0.3 is 0 Å². The standard InChI is InChI=1S/C10H21ClO3Si/c1-4-12-9-6-5-7-10(9,14-15-11)13-8(2)3/h8-9H,4-7,15H2,1-3H3. The topological polar surface area (TPSA) is 27.7 Å². The number of hydrogen-bond donors (Lipinski definition) is 0. The molecule has 0 aromatic heterocycles. The van der Waals surface area contributed by atoms with E-state index >= 15 is 0 Å². The van der Waals surface area contributed by atoms with Crippen molar-refractivity contribution >= 4 is 20.2 Å². The molecule has 0 amide bonds. The van der Waals surface area contributed by atoms with Crippen LogP contribution in [0.1, 0.15) is 40.0 Å². The second-order valence-corrected chi connectivity index (χ2v) is 5.23. The number of ether oxygens (including phenoxy) is 2. The molecule has 0 aromatic carbocycles. The van der Waals surface area contributed by atoms with Crippen LogP contribution in [0.25, 0.3) is 0 Å². The quantitative estimate of drug-likeness (QED) is 0.411. The highest BCUT2D eigenvalue weighted by Gasteiger charge is 2.46. The van der Waals surface area contributed by atoms with Crippen molar-refractivity contribution in [3.63, 3.8) is 0 Å². The summed E-state index contributed by atoms with van der Waals surface area (Å²) in [5.74, 6) is -0.557. The number of hydrogen-bond acceptors (Lipinski definition) is 3. The Morgan fingerprint density at radius 2 is 2.27 bits per heavy atom. The van der Waals surface area contributed by atoms with Crippen molar-refractivity contribution in [3.05, 3.63) is 0 Å². The molecular formula is C10H21ClO3Si. The van der Waals surface area contributed by atoms with E-state index in [0.717, 1.165) is 19.3 Å². The highest BCUT2D eigenvalue weighted by molar-refractivity contribution is 6.90. The first-order valence-electron chi connectivity index (χ1n) is 5.64. The third-order valence-electron chi connectivity index (χ3n) is 2.58. The van der Waals surface area contributed by atoms with Crippen molar-refractivity contribution in [2.75, 3.05) is 6.61 Å². The summed E-state index contributed by atoms with van der Waals surface area (Å²) in [4.78, 5) is 0. The molecular weight excluding hydrogens is 232 g/mol. The molecule has 2 atom stereocenters. The molecule has 1 rings (SSSR count). The Balaban J connectivity index is 2.68. The second-order valence-electron chi connectivity index (χ2n) is 4.07. The second kappa shape index (κ2) is 6.20. The van der Waals surface area contributed by atoms with E-state index in [2.05, 4.69) is 0 Å². The molecule has 1 aliphatic carbocycles. The molecule has 0 heterocycles. The van der Waals surface area contributed by atoms with Crippen LogP contribution < -0.4 is 0 Å². The molecule has 3 nitrogen and oxygen atoms in total. The highest BCUT2D eigenvalue weighted by atomic mass is 35.6. The van der Waals surface area contributed by atoms with E-state index in [4.69, 9.17) is 25.0 Å². The van der Waals surface area contributed by atoms with Crippen molar-refractivity contribution in [2.45, 2.75) is 58.0 Å². The van der Waals surface area contributed by atoms with Crippen molar-refractivity contribution in [1.82, 2.24) is 0 Å². The average molecular weight is 253 g/mol. The normalized spacial score (nSPS) is 32.2. The van der Waals surface area contributed by atoms with Gasteiger partial charge in [-0.1, -0.05) is 0 Å². The molecule has 1 saturated carbocycles. The van der Waals surface area contributed by atoms with Crippen LogP contribution in [0.2, 0.25) is 0 Å². The molecule has 0 aliphatic heterocycles. The lowest BCUT2D eigenvalue weighted by molar-refractivity contribution is -0.251. The van der Waals surface area contributed by atoms with Gasteiger partial charge in [-0.05, 0) is 33.6 Å². The molecule has 0 radical (unpaired) electrons. The SMILES string of the molecule is CCOC1CCCC1(O[SiH2]Cl)OC(C)C. The zero-order chi connectivity index (χ0) is 11.3. The first-order chi connectivity index (χ1) is 7.14. The van der Waals surface area contributed by atoms with E-state index in [1.165, 1.54) is 0 Å². The van der Waals surface area contributed by atoms with Crippen LogP contribution in [0.15, 0.2) is 0 Å². The maximum absolute atomic E-state index is 5.91. The first-order valence-corrected chi connectivity index (χ1v) is 8.35. The van der Waals surface area contributed by atoms with Gasteiger partial charge in [0.05, 0.1) is 6.10 Å². The van der Waals surface area contributed by atoms with E-state index in [9.17, 15) is 0 Å². The summed E-state index contributed by atoms with van der Waals surface area (Å²) >= 11 is 5.80. The van der Waals surface area contributed by atoms with Crippen molar-refractivity contribution < 1.29 is 13.9 Å². The fourth-order valence-corrected chi connectivity index (χ4v) is 3.29. The molecule has 0 saturated heterocycles. The monoisotopic (exact) mass is 252 g/mol. The van der Waals surface area contributed by atoms with Gasteiger partial charge in [-0.3, -0.25) is 0 Å². The summed E-state index contributed by atoms with van der Waals surface area (Å²) in [6.07, 6.45) is 3.18. The lowest BCUT2D eigenvalue weighted by Crippen LogP contribution is -2.46. The minimum Gasteiger partial charge on any atom is -0.379 e. The predicted molar refractivity (Wildman–Crippen MR) is 63.7 cm³/mol. The van der Waals surface area contributed by atoms with Crippen LogP contribution in [-0.2, 0) is 13.9 Å². The van der Waals surface area contributed by atoms with Gasteiger partial charge in [0.25, 0.3) is 9.07 Å². The summed E-state index contributed by atoms with van der Waals surface area (Å²) < 4.78 is 17.3. The minimum absolute atomic E-state index is 0.0520. The van der Waals surface area contributed by atoms with Crippen molar-refractivity contribution in [3.8, 4) is 0 Å². The van der Waals surface area contributed by atoms with E-state index in [-0.39, 0.29) is 12.2 Å². The summed E-state index contributed by atoms with van der Waals surface area (Å²) in [5.41, 5.74) is 0. The van der Waals surface area contributed by atoms with Gasteiger partial charge in [-0.2, -0.15) is 0 Å².